The van der Waals surface area contributed by atoms with E-state index in [0.29, 0.717) is 5.92 Å². The molecule has 2 aromatic carbocycles. The number of ether oxygens (including phenoxy) is 1. The average Bonchev–Trinajstić information content (AvgIpc) is 3.26. The normalized spacial score (nSPS) is 20.5. The number of hydrogen-bond acceptors (Lipinski definition) is 2. The summed E-state index contributed by atoms with van der Waals surface area (Å²) in [6.45, 7) is 8.00. The fraction of sp³-hybridized carbons (Fsp3) is 0.286. The molecule has 0 aromatic heterocycles. The molecule has 1 saturated heterocycles. The number of hydrogen-bond donors (Lipinski definition) is 0. The summed E-state index contributed by atoms with van der Waals surface area (Å²) >= 11 is 0. The minimum absolute atomic E-state index is 0.376. The van der Waals surface area contributed by atoms with Gasteiger partial charge in [-0.3, -0.25) is 0 Å². The third kappa shape index (κ3) is 3.68. The van der Waals surface area contributed by atoms with Gasteiger partial charge in [0.1, 0.15) is 0 Å². The molecule has 1 fully saturated rings. The van der Waals surface area contributed by atoms with Gasteiger partial charge in [0.15, 0.2) is 0 Å². The lowest BCUT2D eigenvalue weighted by Crippen LogP contribution is -2.36. The van der Waals surface area contributed by atoms with Crippen LogP contribution in [0, 0.1) is 19.8 Å². The molecule has 1 atom stereocenters. The van der Waals surface area contributed by atoms with Crippen LogP contribution >= 0.6 is 0 Å². The van der Waals surface area contributed by atoms with Crippen molar-refractivity contribution in [3.05, 3.63) is 106 Å². The van der Waals surface area contributed by atoms with Gasteiger partial charge in [-0.25, -0.2) is 0 Å². The Kier molecular flexibility index (Phi) is 5.18. The molecule has 1 heterocycles. The van der Waals surface area contributed by atoms with Crippen LogP contribution in [0.4, 0.5) is 5.69 Å². The fourth-order valence-corrected chi connectivity index (χ4v) is 4.84. The molecule has 30 heavy (non-hydrogen) atoms. The number of nitrogens with zero attached hydrogens (tertiary/aromatic N) is 1. The first-order chi connectivity index (χ1) is 14.7. The molecule has 1 unspecified atom stereocenters. The lowest BCUT2D eigenvalue weighted by Gasteiger charge is -2.30. The molecule has 0 N–H and O–H groups in total. The molecule has 1 aliphatic heterocycles. The van der Waals surface area contributed by atoms with Crippen LogP contribution in [-0.4, -0.2) is 26.3 Å². The molecule has 0 radical (unpaired) electrons. The van der Waals surface area contributed by atoms with E-state index in [2.05, 4.69) is 91.6 Å². The summed E-state index contributed by atoms with van der Waals surface area (Å²) in [7, 11) is 0. The van der Waals surface area contributed by atoms with Crippen LogP contribution in [0.5, 0.6) is 0 Å². The van der Waals surface area contributed by atoms with Crippen LogP contribution in [0.1, 0.15) is 22.3 Å². The SMILES string of the molecule is Cc1ccc(C2=CC=C(Cc3ccc(N4CCOCC4)c(C)c3)C3=CC=CC32)cc1. The van der Waals surface area contributed by atoms with Crippen molar-refractivity contribution < 1.29 is 4.74 Å². The molecule has 2 heteroatoms. The quantitative estimate of drug-likeness (QED) is 0.647. The molecule has 0 spiro atoms. The third-order valence-corrected chi connectivity index (χ3v) is 6.48. The second-order valence-corrected chi connectivity index (χ2v) is 8.56. The van der Waals surface area contributed by atoms with Crippen molar-refractivity contribution in [3.8, 4) is 0 Å². The molecule has 3 aliphatic rings. The van der Waals surface area contributed by atoms with Crippen LogP contribution in [0.3, 0.4) is 0 Å². The molecule has 2 aliphatic carbocycles. The minimum Gasteiger partial charge on any atom is -0.378 e. The highest BCUT2D eigenvalue weighted by atomic mass is 16.5. The average molecular weight is 396 g/mol. The summed E-state index contributed by atoms with van der Waals surface area (Å²) in [6, 6.07) is 15.9. The molecule has 0 saturated carbocycles. The van der Waals surface area contributed by atoms with Gasteiger partial charge in [0.25, 0.3) is 0 Å². The molecular weight excluding hydrogens is 366 g/mol. The Balaban J connectivity index is 1.39. The van der Waals surface area contributed by atoms with Crippen molar-refractivity contribution in [2.24, 2.45) is 5.92 Å². The van der Waals surface area contributed by atoms with E-state index in [1.165, 1.54) is 44.7 Å². The Labute approximate surface area is 179 Å². The Morgan fingerprint density at radius 3 is 2.47 bits per heavy atom. The van der Waals surface area contributed by atoms with Gasteiger partial charge in [-0.1, -0.05) is 72.3 Å². The van der Waals surface area contributed by atoms with Crippen molar-refractivity contribution in [1.29, 1.82) is 0 Å². The van der Waals surface area contributed by atoms with Gasteiger partial charge in [-0.05, 0) is 59.7 Å². The third-order valence-electron chi connectivity index (χ3n) is 6.48. The predicted molar refractivity (Wildman–Crippen MR) is 126 cm³/mol. The largest absolute Gasteiger partial charge is 0.378 e. The van der Waals surface area contributed by atoms with Gasteiger partial charge < -0.3 is 9.64 Å². The molecule has 2 nitrogen and oxygen atoms in total. The summed E-state index contributed by atoms with van der Waals surface area (Å²) < 4.78 is 5.51. The summed E-state index contributed by atoms with van der Waals surface area (Å²) in [5.41, 5.74) is 11.0. The van der Waals surface area contributed by atoms with E-state index in [0.717, 1.165) is 32.7 Å². The van der Waals surface area contributed by atoms with Crippen molar-refractivity contribution in [1.82, 2.24) is 0 Å². The zero-order valence-electron chi connectivity index (χ0n) is 17.9. The Morgan fingerprint density at radius 2 is 1.70 bits per heavy atom. The van der Waals surface area contributed by atoms with Crippen molar-refractivity contribution in [2.75, 3.05) is 31.2 Å². The first-order valence-corrected chi connectivity index (χ1v) is 11.0. The van der Waals surface area contributed by atoms with Crippen LogP contribution in [0.2, 0.25) is 0 Å². The fourth-order valence-electron chi connectivity index (χ4n) is 4.84. The topological polar surface area (TPSA) is 12.5 Å². The first kappa shape index (κ1) is 19.1. The lowest BCUT2D eigenvalue weighted by molar-refractivity contribution is 0.122. The summed E-state index contributed by atoms with van der Waals surface area (Å²) in [6.07, 6.45) is 12.5. The predicted octanol–water partition coefficient (Wildman–Crippen LogP) is 5.82. The Morgan fingerprint density at radius 1 is 0.900 bits per heavy atom. The molecule has 0 amide bonds. The van der Waals surface area contributed by atoms with E-state index >= 15 is 0 Å². The Hall–Kier alpha value is -2.84. The number of allylic oxidation sites excluding steroid dienone is 8. The number of anilines is 1. The highest BCUT2D eigenvalue weighted by molar-refractivity contribution is 5.78. The first-order valence-electron chi connectivity index (χ1n) is 11.0. The number of benzene rings is 2. The van der Waals surface area contributed by atoms with Crippen LogP contribution in [-0.2, 0) is 11.2 Å². The highest BCUT2D eigenvalue weighted by Gasteiger charge is 2.26. The van der Waals surface area contributed by atoms with E-state index in [1.54, 1.807) is 0 Å². The van der Waals surface area contributed by atoms with Crippen molar-refractivity contribution >= 4 is 11.3 Å². The molecular formula is C28H29NO. The molecule has 2 aromatic rings. The summed E-state index contributed by atoms with van der Waals surface area (Å²) in [4.78, 5) is 2.44. The minimum atomic E-state index is 0.376. The van der Waals surface area contributed by atoms with Gasteiger partial charge in [-0.15, -0.1) is 0 Å². The van der Waals surface area contributed by atoms with Crippen LogP contribution in [0.25, 0.3) is 5.57 Å². The van der Waals surface area contributed by atoms with E-state index < -0.39 is 0 Å². The number of morpholine rings is 1. The van der Waals surface area contributed by atoms with Gasteiger partial charge >= 0.3 is 0 Å². The number of fused-ring (bicyclic) bond motifs is 1. The van der Waals surface area contributed by atoms with Gasteiger partial charge in [-0.2, -0.15) is 0 Å². The van der Waals surface area contributed by atoms with Gasteiger partial charge in [0.05, 0.1) is 13.2 Å². The van der Waals surface area contributed by atoms with E-state index in [4.69, 9.17) is 4.74 Å². The number of aryl methyl sites for hydroxylation is 2. The molecule has 5 rings (SSSR count). The number of rotatable bonds is 4. The zero-order chi connectivity index (χ0) is 20.5. The molecule has 152 valence electrons. The van der Waals surface area contributed by atoms with Gasteiger partial charge in [0.2, 0.25) is 0 Å². The summed E-state index contributed by atoms with van der Waals surface area (Å²) in [5, 5.41) is 0. The van der Waals surface area contributed by atoms with E-state index in [1.807, 2.05) is 0 Å². The maximum absolute atomic E-state index is 5.51. The van der Waals surface area contributed by atoms with Crippen molar-refractivity contribution in [2.45, 2.75) is 20.3 Å². The van der Waals surface area contributed by atoms with E-state index in [9.17, 15) is 0 Å². The summed E-state index contributed by atoms with van der Waals surface area (Å²) in [5.74, 6) is 0.376. The second kappa shape index (κ2) is 8.12. The monoisotopic (exact) mass is 395 g/mol. The highest BCUT2D eigenvalue weighted by Crippen LogP contribution is 2.41. The lowest BCUT2D eigenvalue weighted by atomic mass is 9.79. The maximum atomic E-state index is 5.51. The second-order valence-electron chi connectivity index (χ2n) is 8.56. The smallest absolute Gasteiger partial charge is 0.0642 e. The zero-order valence-corrected chi connectivity index (χ0v) is 17.9. The van der Waals surface area contributed by atoms with Gasteiger partial charge in [0, 0.05) is 24.7 Å². The molecule has 0 bridgehead atoms. The Bertz CT molecular complexity index is 1060. The van der Waals surface area contributed by atoms with Crippen molar-refractivity contribution in [3.63, 3.8) is 0 Å². The van der Waals surface area contributed by atoms with Crippen LogP contribution in [0.15, 0.2) is 84.0 Å². The standard InChI is InChI=1S/C28H29NO/c1-20-6-9-23(10-7-20)26-12-11-24(25-4-3-5-27(25)26)19-22-8-13-28(21(2)18-22)29-14-16-30-17-15-29/h3-13,18,27H,14-17,19H2,1-2H3. The van der Waals surface area contributed by atoms with Crippen LogP contribution < -0.4 is 4.90 Å². The van der Waals surface area contributed by atoms with E-state index in [-0.39, 0.29) is 0 Å². The maximum Gasteiger partial charge on any atom is 0.0642 e.